The van der Waals surface area contributed by atoms with Crippen molar-refractivity contribution in [3.8, 4) is 0 Å². The van der Waals surface area contributed by atoms with Gasteiger partial charge in [-0.15, -0.1) is 0 Å². The van der Waals surface area contributed by atoms with Gasteiger partial charge in [0.15, 0.2) is 0 Å². The van der Waals surface area contributed by atoms with Crippen molar-refractivity contribution < 1.29 is 0 Å². The van der Waals surface area contributed by atoms with E-state index >= 15 is 0 Å². The van der Waals surface area contributed by atoms with Gasteiger partial charge in [0.25, 0.3) is 0 Å². The molecule has 1 aliphatic rings. The van der Waals surface area contributed by atoms with E-state index in [-0.39, 0.29) is 0 Å². The minimum absolute atomic E-state index is 0.456. The van der Waals surface area contributed by atoms with Gasteiger partial charge in [-0.1, -0.05) is 30.7 Å². The summed E-state index contributed by atoms with van der Waals surface area (Å²) in [6.45, 7) is 4.28. The summed E-state index contributed by atoms with van der Waals surface area (Å²) in [6, 6.07) is 1.92. The third-order valence-electron chi connectivity index (χ3n) is 2.34. The Kier molecular flexibility index (Phi) is 2.12. The first-order chi connectivity index (χ1) is 6.65. The highest BCUT2D eigenvalue weighted by Gasteiger charge is 1.99. The van der Waals surface area contributed by atoms with Crippen LogP contribution < -0.4 is 16.2 Å². The molecule has 14 heavy (non-hydrogen) atoms. The molecule has 0 unspecified atom stereocenters. The maximum absolute atomic E-state index is 5.65. The zero-order valence-electron chi connectivity index (χ0n) is 8.49. The lowest BCUT2D eigenvalue weighted by Gasteiger charge is -1.96. The molecule has 1 heterocycles. The van der Waals surface area contributed by atoms with Crippen LogP contribution in [0.3, 0.4) is 0 Å². The Morgan fingerprint density at radius 2 is 2.07 bits per heavy atom. The first-order valence-corrected chi connectivity index (χ1v) is 4.79. The maximum Gasteiger partial charge on any atom is 0.123 e. The van der Waals surface area contributed by atoms with E-state index in [0.29, 0.717) is 11.7 Å². The highest BCUT2D eigenvalue weighted by Crippen LogP contribution is 2.06. The van der Waals surface area contributed by atoms with Crippen LogP contribution in [0.4, 0.5) is 5.82 Å². The lowest BCUT2D eigenvalue weighted by Crippen LogP contribution is -2.25. The topological polar surface area (TPSA) is 38.9 Å². The third kappa shape index (κ3) is 1.69. The summed E-state index contributed by atoms with van der Waals surface area (Å²) in [5.41, 5.74) is 6.92. The molecule has 0 aromatic carbocycles. The van der Waals surface area contributed by atoms with E-state index in [1.165, 1.54) is 10.8 Å². The molecule has 2 nitrogen and oxygen atoms in total. The van der Waals surface area contributed by atoms with Crippen molar-refractivity contribution in [2.24, 2.45) is 5.92 Å². The average molecular weight is 186 g/mol. The Hall–Kier alpha value is -1.57. The van der Waals surface area contributed by atoms with Crippen LogP contribution in [0, 0.1) is 5.92 Å². The number of anilines is 1. The molecule has 2 N–H and O–H groups in total. The molecule has 1 atom stereocenters. The second kappa shape index (κ2) is 3.29. The van der Waals surface area contributed by atoms with Crippen molar-refractivity contribution in [3.63, 3.8) is 0 Å². The minimum atomic E-state index is 0.456. The Morgan fingerprint density at radius 3 is 2.86 bits per heavy atom. The Bertz CT molecular complexity index is 498. The van der Waals surface area contributed by atoms with E-state index in [4.69, 9.17) is 5.73 Å². The van der Waals surface area contributed by atoms with Crippen LogP contribution in [0.25, 0.3) is 12.2 Å². The molecule has 0 bridgehead atoms. The summed E-state index contributed by atoms with van der Waals surface area (Å²) < 4.78 is 0. The summed E-state index contributed by atoms with van der Waals surface area (Å²) >= 11 is 0. The van der Waals surface area contributed by atoms with Gasteiger partial charge in [0, 0.05) is 6.20 Å². The van der Waals surface area contributed by atoms with Crippen LogP contribution in [-0.2, 0) is 0 Å². The number of nitrogens with zero attached hydrogens (tertiary/aromatic N) is 1. The molecular formula is C12H14N2. The SMILES string of the molecule is CC1=C[C@H](C)C=c2cnc(N)cc2=C1. The molecule has 0 saturated heterocycles. The monoisotopic (exact) mass is 186 g/mol. The average Bonchev–Trinajstić information content (AvgIpc) is 2.21. The van der Waals surface area contributed by atoms with Crippen molar-refractivity contribution in [1.82, 2.24) is 4.98 Å². The first kappa shape index (κ1) is 9.00. The van der Waals surface area contributed by atoms with Gasteiger partial charge in [0.1, 0.15) is 5.82 Å². The highest BCUT2D eigenvalue weighted by molar-refractivity contribution is 5.52. The Balaban J connectivity index is 2.76. The Morgan fingerprint density at radius 1 is 1.29 bits per heavy atom. The fourth-order valence-electron chi connectivity index (χ4n) is 1.80. The van der Waals surface area contributed by atoms with Crippen molar-refractivity contribution in [3.05, 3.63) is 34.3 Å². The smallest absolute Gasteiger partial charge is 0.123 e. The van der Waals surface area contributed by atoms with E-state index < -0.39 is 0 Å². The van der Waals surface area contributed by atoms with Gasteiger partial charge >= 0.3 is 0 Å². The molecule has 0 fully saturated rings. The predicted octanol–water partition coefficient (Wildman–Crippen LogP) is 0.821. The molecule has 1 aromatic rings. The van der Waals surface area contributed by atoms with Crippen molar-refractivity contribution >= 4 is 18.0 Å². The molecule has 0 spiro atoms. The van der Waals surface area contributed by atoms with Gasteiger partial charge in [0.05, 0.1) is 0 Å². The zero-order valence-corrected chi connectivity index (χ0v) is 8.49. The fourth-order valence-corrected chi connectivity index (χ4v) is 1.80. The second-order valence-corrected chi connectivity index (χ2v) is 3.82. The van der Waals surface area contributed by atoms with Gasteiger partial charge in [-0.25, -0.2) is 4.98 Å². The van der Waals surface area contributed by atoms with E-state index in [1.807, 2.05) is 12.3 Å². The maximum atomic E-state index is 5.65. The highest BCUT2D eigenvalue weighted by atomic mass is 14.8. The van der Waals surface area contributed by atoms with Gasteiger partial charge in [-0.05, 0) is 29.3 Å². The standard InChI is InChI=1S/C12H14N2/c1-8-3-9(2)5-11-7-14-12(13)6-10(11)4-8/h3-7,9H,13H2,1-2H3/t9-/m0/s1. The van der Waals surface area contributed by atoms with Crippen molar-refractivity contribution in [2.75, 3.05) is 5.73 Å². The minimum Gasteiger partial charge on any atom is -0.384 e. The second-order valence-electron chi connectivity index (χ2n) is 3.82. The number of rotatable bonds is 0. The molecule has 0 radical (unpaired) electrons. The first-order valence-electron chi connectivity index (χ1n) is 4.79. The molecule has 0 saturated carbocycles. The lowest BCUT2D eigenvalue weighted by molar-refractivity contribution is 0.987. The predicted molar refractivity (Wildman–Crippen MR) is 59.8 cm³/mol. The number of pyridine rings is 1. The number of fused-ring (bicyclic) bond motifs is 1. The van der Waals surface area contributed by atoms with Crippen LogP contribution in [0.5, 0.6) is 0 Å². The van der Waals surface area contributed by atoms with Crippen LogP contribution in [0.2, 0.25) is 0 Å². The number of nitrogen functional groups attached to an aromatic ring is 1. The Labute approximate surface area is 83.5 Å². The summed E-state index contributed by atoms with van der Waals surface area (Å²) in [6.07, 6.45) is 8.42. The van der Waals surface area contributed by atoms with Crippen LogP contribution in [0.1, 0.15) is 13.8 Å². The number of aromatic nitrogens is 1. The van der Waals surface area contributed by atoms with Crippen molar-refractivity contribution in [1.29, 1.82) is 0 Å². The van der Waals surface area contributed by atoms with Crippen LogP contribution in [0.15, 0.2) is 23.9 Å². The molecule has 2 heteroatoms. The lowest BCUT2D eigenvalue weighted by atomic mass is 10.1. The fraction of sp³-hybridized carbons (Fsp3) is 0.250. The molecule has 2 rings (SSSR count). The molecule has 1 aliphatic carbocycles. The van der Waals surface area contributed by atoms with Crippen LogP contribution >= 0.6 is 0 Å². The van der Waals surface area contributed by atoms with E-state index in [2.05, 4.69) is 37.1 Å². The van der Waals surface area contributed by atoms with Gasteiger partial charge < -0.3 is 5.73 Å². The van der Waals surface area contributed by atoms with E-state index in [0.717, 1.165) is 5.22 Å². The number of hydrogen-bond donors (Lipinski definition) is 1. The van der Waals surface area contributed by atoms with E-state index in [9.17, 15) is 0 Å². The number of allylic oxidation sites excluding steroid dienone is 2. The summed E-state index contributed by atoms with van der Waals surface area (Å²) in [5, 5.41) is 2.33. The molecule has 0 aliphatic heterocycles. The van der Waals surface area contributed by atoms with Crippen molar-refractivity contribution in [2.45, 2.75) is 13.8 Å². The zero-order chi connectivity index (χ0) is 10.1. The summed E-state index contributed by atoms with van der Waals surface area (Å²) in [5.74, 6) is 1.04. The number of hydrogen-bond acceptors (Lipinski definition) is 2. The van der Waals surface area contributed by atoms with Gasteiger partial charge in [-0.2, -0.15) is 0 Å². The quantitative estimate of drug-likeness (QED) is 0.651. The molecular weight excluding hydrogens is 172 g/mol. The molecule has 1 aromatic heterocycles. The summed E-state index contributed by atoms with van der Waals surface area (Å²) in [4.78, 5) is 4.10. The molecule has 0 amide bonds. The normalized spacial score (nSPS) is 19.9. The third-order valence-corrected chi connectivity index (χ3v) is 2.34. The van der Waals surface area contributed by atoms with Gasteiger partial charge in [0.2, 0.25) is 0 Å². The van der Waals surface area contributed by atoms with Crippen LogP contribution in [-0.4, -0.2) is 4.98 Å². The van der Waals surface area contributed by atoms with Gasteiger partial charge in [-0.3, -0.25) is 0 Å². The summed E-state index contributed by atoms with van der Waals surface area (Å²) in [7, 11) is 0. The van der Waals surface area contributed by atoms with E-state index in [1.54, 1.807) is 0 Å². The largest absolute Gasteiger partial charge is 0.384 e. The number of nitrogens with two attached hydrogens (primary N) is 1. The molecule has 72 valence electrons.